The minimum absolute atomic E-state index is 0.344. The normalized spacial score (nSPS) is 9.08. The Kier molecular flexibility index (Phi) is 2.65. The van der Waals surface area contributed by atoms with E-state index in [1.165, 1.54) is 12.1 Å². The van der Waals surface area contributed by atoms with Crippen molar-refractivity contribution in [3.05, 3.63) is 29.6 Å². The molecule has 0 saturated carbocycles. The van der Waals surface area contributed by atoms with E-state index in [4.69, 9.17) is 5.26 Å². The Morgan fingerprint density at radius 3 is 2.92 bits per heavy atom. The summed E-state index contributed by atoms with van der Waals surface area (Å²) in [7, 11) is 0. The summed E-state index contributed by atoms with van der Waals surface area (Å²) >= 11 is 0. The van der Waals surface area contributed by atoms with Gasteiger partial charge in [0.05, 0.1) is 11.3 Å². The lowest BCUT2D eigenvalue weighted by atomic mass is 10.2. The lowest BCUT2D eigenvalue weighted by molar-refractivity contribution is 0.627. The summed E-state index contributed by atoms with van der Waals surface area (Å²) in [6, 6.07) is 6.04. The minimum atomic E-state index is -0.381. The maximum absolute atomic E-state index is 12.6. The van der Waals surface area contributed by atoms with Crippen LogP contribution < -0.4 is 5.32 Å². The van der Waals surface area contributed by atoms with Gasteiger partial charge < -0.3 is 5.32 Å². The number of rotatable bonds is 2. The van der Waals surface area contributed by atoms with Crippen molar-refractivity contribution in [2.45, 2.75) is 6.92 Å². The number of halogens is 1. The summed E-state index contributed by atoms with van der Waals surface area (Å²) in [5.74, 6) is -0.381. The summed E-state index contributed by atoms with van der Waals surface area (Å²) in [4.78, 5) is 0. The predicted octanol–water partition coefficient (Wildman–Crippen LogP) is 2.13. The van der Waals surface area contributed by atoms with Crippen molar-refractivity contribution in [2.24, 2.45) is 0 Å². The molecule has 2 nitrogen and oxygen atoms in total. The smallest absolute Gasteiger partial charge is 0.124 e. The van der Waals surface area contributed by atoms with E-state index in [1.54, 1.807) is 6.07 Å². The second kappa shape index (κ2) is 3.72. The molecule has 0 aliphatic carbocycles. The molecule has 0 amide bonds. The van der Waals surface area contributed by atoms with Crippen molar-refractivity contribution in [3.63, 3.8) is 0 Å². The lowest BCUT2D eigenvalue weighted by Crippen LogP contribution is -1.99. The van der Waals surface area contributed by atoms with Crippen molar-refractivity contribution in [2.75, 3.05) is 11.9 Å². The van der Waals surface area contributed by atoms with Crippen LogP contribution >= 0.6 is 0 Å². The molecule has 0 unspecified atom stereocenters. The zero-order chi connectivity index (χ0) is 8.97. The fourth-order valence-corrected chi connectivity index (χ4v) is 0.954. The third kappa shape index (κ3) is 1.73. The molecule has 0 atom stereocenters. The fraction of sp³-hybridized carbons (Fsp3) is 0.222. The molecule has 0 heterocycles. The topological polar surface area (TPSA) is 35.8 Å². The SMILES string of the molecule is CCNc1ccc(F)cc1C#N. The van der Waals surface area contributed by atoms with Crippen molar-refractivity contribution in [1.82, 2.24) is 0 Å². The van der Waals surface area contributed by atoms with E-state index in [-0.39, 0.29) is 5.82 Å². The number of anilines is 1. The molecular formula is C9H9FN2. The Morgan fingerprint density at radius 2 is 2.33 bits per heavy atom. The first kappa shape index (κ1) is 8.54. The molecule has 1 rings (SSSR count). The largest absolute Gasteiger partial charge is 0.384 e. The molecule has 3 heteroatoms. The van der Waals surface area contributed by atoms with Gasteiger partial charge in [-0.25, -0.2) is 4.39 Å². The average molecular weight is 164 g/mol. The highest BCUT2D eigenvalue weighted by molar-refractivity contribution is 5.57. The van der Waals surface area contributed by atoms with Gasteiger partial charge in [0.25, 0.3) is 0 Å². The maximum atomic E-state index is 12.6. The summed E-state index contributed by atoms with van der Waals surface area (Å²) < 4.78 is 12.6. The van der Waals surface area contributed by atoms with E-state index in [9.17, 15) is 4.39 Å². The highest BCUT2D eigenvalue weighted by atomic mass is 19.1. The van der Waals surface area contributed by atoms with E-state index in [0.29, 0.717) is 11.3 Å². The second-order valence-electron chi connectivity index (χ2n) is 2.33. The van der Waals surface area contributed by atoms with Crippen LogP contribution in [-0.4, -0.2) is 6.54 Å². The highest BCUT2D eigenvalue weighted by Crippen LogP contribution is 2.15. The first-order valence-corrected chi connectivity index (χ1v) is 3.71. The summed E-state index contributed by atoms with van der Waals surface area (Å²) in [6.45, 7) is 2.64. The van der Waals surface area contributed by atoms with Gasteiger partial charge in [-0.1, -0.05) is 0 Å². The molecule has 0 saturated heterocycles. The first-order valence-electron chi connectivity index (χ1n) is 3.71. The third-order valence-electron chi connectivity index (χ3n) is 1.47. The van der Waals surface area contributed by atoms with E-state index in [1.807, 2.05) is 13.0 Å². The molecule has 62 valence electrons. The van der Waals surface area contributed by atoms with Gasteiger partial charge in [0.15, 0.2) is 0 Å². The van der Waals surface area contributed by atoms with Crippen LogP contribution in [0.1, 0.15) is 12.5 Å². The Hall–Kier alpha value is -1.56. The van der Waals surface area contributed by atoms with Gasteiger partial charge in [-0.05, 0) is 25.1 Å². The monoisotopic (exact) mass is 164 g/mol. The lowest BCUT2D eigenvalue weighted by Gasteiger charge is -2.04. The zero-order valence-electron chi connectivity index (χ0n) is 6.76. The highest BCUT2D eigenvalue weighted by Gasteiger charge is 2.00. The van der Waals surface area contributed by atoms with Crippen LogP contribution in [0.15, 0.2) is 18.2 Å². The number of nitrogens with one attached hydrogen (secondary N) is 1. The average Bonchev–Trinajstić information content (AvgIpc) is 2.08. The first-order chi connectivity index (χ1) is 5.77. The van der Waals surface area contributed by atoms with Crippen LogP contribution in [0, 0.1) is 17.1 Å². The molecule has 12 heavy (non-hydrogen) atoms. The molecule has 0 bridgehead atoms. The predicted molar refractivity (Wildman–Crippen MR) is 45.3 cm³/mol. The van der Waals surface area contributed by atoms with Gasteiger partial charge in [-0.3, -0.25) is 0 Å². The third-order valence-corrected chi connectivity index (χ3v) is 1.47. The summed E-state index contributed by atoms with van der Waals surface area (Å²) in [5, 5.41) is 11.6. The van der Waals surface area contributed by atoms with E-state index in [0.717, 1.165) is 6.54 Å². The molecular weight excluding hydrogens is 155 g/mol. The Balaban J connectivity index is 3.05. The summed E-state index contributed by atoms with van der Waals surface area (Å²) in [5.41, 5.74) is 1.03. The molecule has 0 radical (unpaired) electrons. The Labute approximate surface area is 70.6 Å². The van der Waals surface area contributed by atoms with E-state index >= 15 is 0 Å². The quantitative estimate of drug-likeness (QED) is 0.726. The van der Waals surface area contributed by atoms with Crippen molar-refractivity contribution in [3.8, 4) is 6.07 Å². The zero-order valence-corrected chi connectivity index (χ0v) is 6.76. The van der Waals surface area contributed by atoms with Gasteiger partial charge in [0.1, 0.15) is 11.9 Å². The van der Waals surface area contributed by atoms with Gasteiger partial charge in [0, 0.05) is 6.54 Å². The standard InChI is InChI=1S/C9H9FN2/c1-2-12-9-4-3-8(10)5-7(9)6-11/h3-5,12H,2H2,1H3. The number of hydrogen-bond donors (Lipinski definition) is 1. The van der Waals surface area contributed by atoms with Crippen molar-refractivity contribution < 1.29 is 4.39 Å². The van der Waals surface area contributed by atoms with E-state index < -0.39 is 0 Å². The van der Waals surface area contributed by atoms with Crippen LogP contribution in [0.4, 0.5) is 10.1 Å². The Bertz CT molecular complexity index is 315. The minimum Gasteiger partial charge on any atom is -0.384 e. The number of nitrogens with zero attached hydrogens (tertiary/aromatic N) is 1. The van der Waals surface area contributed by atoms with Gasteiger partial charge >= 0.3 is 0 Å². The fourth-order valence-electron chi connectivity index (χ4n) is 0.954. The van der Waals surface area contributed by atoms with Gasteiger partial charge in [0.2, 0.25) is 0 Å². The summed E-state index contributed by atoms with van der Waals surface area (Å²) in [6.07, 6.45) is 0. The molecule has 0 spiro atoms. The molecule has 0 aliphatic rings. The van der Waals surface area contributed by atoms with Crippen LogP contribution in [0.5, 0.6) is 0 Å². The van der Waals surface area contributed by atoms with Crippen LogP contribution in [-0.2, 0) is 0 Å². The second-order valence-corrected chi connectivity index (χ2v) is 2.33. The van der Waals surface area contributed by atoms with Crippen LogP contribution in [0.3, 0.4) is 0 Å². The van der Waals surface area contributed by atoms with E-state index in [2.05, 4.69) is 5.32 Å². The number of nitriles is 1. The van der Waals surface area contributed by atoms with Crippen molar-refractivity contribution in [1.29, 1.82) is 5.26 Å². The molecule has 1 N–H and O–H groups in total. The van der Waals surface area contributed by atoms with Gasteiger partial charge in [-0.2, -0.15) is 5.26 Å². The molecule has 1 aromatic carbocycles. The molecule has 0 fully saturated rings. The maximum Gasteiger partial charge on any atom is 0.124 e. The molecule has 0 aliphatic heterocycles. The number of benzene rings is 1. The van der Waals surface area contributed by atoms with Crippen LogP contribution in [0.25, 0.3) is 0 Å². The van der Waals surface area contributed by atoms with Crippen molar-refractivity contribution >= 4 is 5.69 Å². The molecule has 0 aromatic heterocycles. The Morgan fingerprint density at radius 1 is 1.58 bits per heavy atom. The molecule has 1 aromatic rings. The van der Waals surface area contributed by atoms with Gasteiger partial charge in [-0.15, -0.1) is 0 Å². The van der Waals surface area contributed by atoms with Crippen LogP contribution in [0.2, 0.25) is 0 Å². The number of hydrogen-bond acceptors (Lipinski definition) is 2.